The fourth-order valence-corrected chi connectivity index (χ4v) is 2.21. The zero-order valence-electron chi connectivity index (χ0n) is 11.0. The van der Waals surface area contributed by atoms with Crippen molar-refractivity contribution in [2.45, 2.75) is 18.8 Å². The van der Waals surface area contributed by atoms with Crippen molar-refractivity contribution in [1.29, 1.82) is 0 Å². The molecule has 0 radical (unpaired) electrons. The average molecular weight is 298 g/mol. The summed E-state index contributed by atoms with van der Waals surface area (Å²) in [6.45, 7) is 1.61. The van der Waals surface area contributed by atoms with Gasteiger partial charge in [0.05, 0.1) is 12.7 Å². The van der Waals surface area contributed by atoms with Crippen LogP contribution in [0.25, 0.3) is 11.0 Å². The molecule has 2 aromatic rings. The Hall–Kier alpha value is -2.38. The first kappa shape index (κ1) is 13.6. The molecule has 0 atom stereocenters. The molecule has 0 aliphatic carbocycles. The smallest absolute Gasteiger partial charge is 0.442 e. The van der Waals surface area contributed by atoms with Crippen LogP contribution in [0.5, 0.6) is 5.75 Å². The Morgan fingerprint density at radius 1 is 1.24 bits per heavy atom. The second-order valence-corrected chi connectivity index (χ2v) is 4.67. The van der Waals surface area contributed by atoms with Crippen LogP contribution in [-0.2, 0) is 5.66 Å². The minimum absolute atomic E-state index is 0.0847. The quantitative estimate of drug-likeness (QED) is 0.799. The molecule has 0 saturated heterocycles. The highest BCUT2D eigenvalue weighted by atomic mass is 19.4. The van der Waals surface area contributed by atoms with Gasteiger partial charge >= 0.3 is 17.5 Å². The maximum absolute atomic E-state index is 13.1. The van der Waals surface area contributed by atoms with Crippen molar-refractivity contribution in [3.8, 4) is 5.75 Å². The van der Waals surface area contributed by atoms with Gasteiger partial charge < -0.3 is 9.15 Å². The highest BCUT2D eigenvalue weighted by molar-refractivity contribution is 5.83. The highest BCUT2D eigenvalue weighted by Crippen LogP contribution is 2.55. The number of benzene rings is 1. The Morgan fingerprint density at radius 3 is 2.43 bits per heavy atom. The Kier molecular flexibility index (Phi) is 2.63. The maximum Gasteiger partial charge on any atom is 0.442 e. The van der Waals surface area contributed by atoms with E-state index < -0.39 is 17.5 Å². The SMILES string of the molecule is COc1cc2oc(=O)cc(C)c2cc1C1(C(F)(F)F)N=N1. The van der Waals surface area contributed by atoms with Gasteiger partial charge in [0.25, 0.3) is 0 Å². The topological polar surface area (TPSA) is 64.2 Å². The lowest BCUT2D eigenvalue weighted by Gasteiger charge is -2.18. The largest absolute Gasteiger partial charge is 0.496 e. The summed E-state index contributed by atoms with van der Waals surface area (Å²) >= 11 is 0. The summed E-state index contributed by atoms with van der Waals surface area (Å²) in [6, 6.07) is 3.70. The fourth-order valence-electron chi connectivity index (χ4n) is 2.21. The minimum Gasteiger partial charge on any atom is -0.496 e. The van der Waals surface area contributed by atoms with Crippen LogP contribution in [0.1, 0.15) is 11.1 Å². The first-order valence-electron chi connectivity index (χ1n) is 5.92. The van der Waals surface area contributed by atoms with E-state index in [1.807, 2.05) is 0 Å². The lowest BCUT2D eigenvalue weighted by atomic mass is 9.98. The Labute approximate surface area is 116 Å². The molecule has 0 bridgehead atoms. The number of hydrogen-bond acceptors (Lipinski definition) is 5. The van der Waals surface area contributed by atoms with Crippen molar-refractivity contribution in [3.63, 3.8) is 0 Å². The molecule has 3 rings (SSSR count). The molecule has 5 nitrogen and oxygen atoms in total. The fraction of sp³-hybridized carbons (Fsp3) is 0.308. The third-order valence-electron chi connectivity index (χ3n) is 3.34. The van der Waals surface area contributed by atoms with E-state index in [0.717, 1.165) is 0 Å². The lowest BCUT2D eigenvalue weighted by Crippen LogP contribution is -2.30. The molecule has 8 heteroatoms. The molecule has 0 saturated carbocycles. The summed E-state index contributed by atoms with van der Waals surface area (Å²) in [5, 5.41) is 6.71. The number of halogens is 3. The third kappa shape index (κ3) is 1.90. The molecule has 0 unspecified atom stereocenters. The number of hydrogen-bond donors (Lipinski definition) is 0. The standard InChI is InChI=1S/C13H9F3N2O3/c1-6-3-11(19)21-9-5-10(20-2)8(4-7(6)9)12(17-18-12)13(14,15)16/h3-5H,1-2H3. The van der Waals surface area contributed by atoms with Crippen LogP contribution in [-0.4, -0.2) is 13.3 Å². The van der Waals surface area contributed by atoms with Crippen LogP contribution < -0.4 is 10.4 Å². The minimum atomic E-state index is -4.66. The number of rotatable bonds is 2. The predicted octanol–water partition coefficient (Wildman–Crippen LogP) is 3.29. The van der Waals surface area contributed by atoms with Crippen LogP contribution in [0.15, 0.2) is 37.6 Å². The van der Waals surface area contributed by atoms with Gasteiger partial charge in [-0.15, -0.1) is 10.2 Å². The van der Waals surface area contributed by atoms with Crippen LogP contribution in [0.3, 0.4) is 0 Å². The number of aryl methyl sites for hydroxylation is 1. The van der Waals surface area contributed by atoms with Crippen LogP contribution in [0, 0.1) is 6.92 Å². The molecule has 2 heterocycles. The Morgan fingerprint density at radius 2 is 1.90 bits per heavy atom. The zero-order valence-corrected chi connectivity index (χ0v) is 11.0. The van der Waals surface area contributed by atoms with Gasteiger partial charge in [0.15, 0.2) is 0 Å². The van der Waals surface area contributed by atoms with E-state index in [-0.39, 0.29) is 16.9 Å². The van der Waals surface area contributed by atoms with E-state index in [2.05, 4.69) is 10.2 Å². The summed E-state index contributed by atoms with van der Waals surface area (Å²) < 4.78 is 49.4. The van der Waals surface area contributed by atoms with Crippen molar-refractivity contribution >= 4 is 11.0 Å². The Balaban J connectivity index is 2.31. The van der Waals surface area contributed by atoms with Crippen molar-refractivity contribution in [2.24, 2.45) is 10.2 Å². The van der Waals surface area contributed by atoms with Gasteiger partial charge in [-0.1, -0.05) is 0 Å². The second kappa shape index (κ2) is 4.06. The maximum atomic E-state index is 13.1. The van der Waals surface area contributed by atoms with Crippen molar-refractivity contribution in [1.82, 2.24) is 0 Å². The van der Waals surface area contributed by atoms with E-state index >= 15 is 0 Å². The second-order valence-electron chi connectivity index (χ2n) is 4.67. The zero-order chi connectivity index (χ0) is 15.4. The summed E-state index contributed by atoms with van der Waals surface area (Å²) in [5.41, 5.74) is -2.74. The van der Waals surface area contributed by atoms with E-state index in [1.165, 1.54) is 25.3 Å². The molecule has 21 heavy (non-hydrogen) atoms. The van der Waals surface area contributed by atoms with Crippen molar-refractivity contribution in [2.75, 3.05) is 7.11 Å². The predicted molar refractivity (Wildman–Crippen MR) is 66.4 cm³/mol. The molecule has 0 spiro atoms. The molecule has 1 aromatic carbocycles. The number of ether oxygens (including phenoxy) is 1. The summed E-state index contributed by atoms with van der Waals surface area (Å²) in [5.74, 6) is -0.0847. The molecule has 0 amide bonds. The van der Waals surface area contributed by atoms with Crippen LogP contribution >= 0.6 is 0 Å². The monoisotopic (exact) mass is 298 g/mol. The van der Waals surface area contributed by atoms with Gasteiger partial charge in [-0.3, -0.25) is 0 Å². The van der Waals surface area contributed by atoms with Gasteiger partial charge in [0, 0.05) is 17.5 Å². The van der Waals surface area contributed by atoms with Crippen molar-refractivity contribution < 1.29 is 22.3 Å². The lowest BCUT2D eigenvalue weighted by molar-refractivity contribution is -0.166. The molecule has 1 aliphatic heterocycles. The van der Waals surface area contributed by atoms with Gasteiger partial charge in [0.2, 0.25) is 0 Å². The van der Waals surface area contributed by atoms with Gasteiger partial charge in [-0.25, -0.2) is 4.79 Å². The number of nitrogens with zero attached hydrogens (tertiary/aromatic N) is 2. The summed E-state index contributed by atoms with van der Waals surface area (Å²) in [7, 11) is 1.23. The van der Waals surface area contributed by atoms with Crippen LogP contribution in [0.4, 0.5) is 13.2 Å². The van der Waals surface area contributed by atoms with Crippen LogP contribution in [0.2, 0.25) is 0 Å². The van der Waals surface area contributed by atoms with E-state index in [1.54, 1.807) is 6.92 Å². The van der Waals surface area contributed by atoms with Gasteiger partial charge in [-0.2, -0.15) is 13.2 Å². The van der Waals surface area contributed by atoms with Gasteiger partial charge in [-0.05, 0) is 18.6 Å². The number of fused-ring (bicyclic) bond motifs is 1. The Bertz CT molecular complexity index is 818. The molecule has 0 N–H and O–H groups in total. The third-order valence-corrected chi connectivity index (χ3v) is 3.34. The molecule has 110 valence electrons. The summed E-state index contributed by atoms with van der Waals surface area (Å²) in [6.07, 6.45) is -4.66. The number of alkyl halides is 3. The summed E-state index contributed by atoms with van der Waals surface area (Å²) in [4.78, 5) is 11.3. The molecular formula is C13H9F3N2O3. The molecule has 1 aliphatic rings. The van der Waals surface area contributed by atoms with Crippen molar-refractivity contribution in [3.05, 3.63) is 39.7 Å². The molecule has 0 fully saturated rings. The van der Waals surface area contributed by atoms with E-state index in [4.69, 9.17) is 9.15 Å². The molecular weight excluding hydrogens is 289 g/mol. The average Bonchev–Trinajstić information content (AvgIpc) is 3.17. The highest BCUT2D eigenvalue weighted by Gasteiger charge is 2.66. The first-order valence-corrected chi connectivity index (χ1v) is 5.92. The number of methoxy groups -OCH3 is 1. The first-order chi connectivity index (χ1) is 9.78. The van der Waals surface area contributed by atoms with E-state index in [0.29, 0.717) is 10.9 Å². The normalized spacial score (nSPS) is 16.2. The van der Waals surface area contributed by atoms with Gasteiger partial charge in [0.1, 0.15) is 11.3 Å². The molecule has 1 aromatic heterocycles. The van der Waals surface area contributed by atoms with E-state index in [9.17, 15) is 18.0 Å².